The maximum Gasteiger partial charge on any atom is 0.243 e. The number of hydrogen-bond donors (Lipinski definition) is 0. The van der Waals surface area contributed by atoms with Gasteiger partial charge in [-0.1, -0.05) is 18.2 Å². The first-order valence-electron chi connectivity index (χ1n) is 6.86. The average molecular weight is 297 g/mol. The van der Waals surface area contributed by atoms with Gasteiger partial charge in [0.05, 0.1) is 23.6 Å². The first-order valence-corrected chi connectivity index (χ1v) is 8.30. The molecule has 20 heavy (non-hydrogen) atoms. The summed E-state index contributed by atoms with van der Waals surface area (Å²) in [6.45, 7) is 0.835. The van der Waals surface area contributed by atoms with Crippen LogP contribution in [0.25, 0.3) is 0 Å². The Morgan fingerprint density at radius 3 is 2.70 bits per heavy atom. The summed E-state index contributed by atoms with van der Waals surface area (Å²) in [6.07, 6.45) is 1.48. The molecule has 1 aliphatic heterocycles. The number of rotatable bonds is 3. The number of nitrogens with zero attached hydrogens (tertiary/aromatic N) is 1. The van der Waals surface area contributed by atoms with E-state index in [2.05, 4.69) is 0 Å². The molecule has 3 atom stereocenters. The summed E-state index contributed by atoms with van der Waals surface area (Å²) in [4.78, 5) is 0.349. The van der Waals surface area contributed by atoms with Crippen molar-refractivity contribution in [2.24, 2.45) is 0 Å². The molecule has 6 heteroatoms. The zero-order chi connectivity index (χ0) is 14.2. The molecule has 0 unspecified atom stereocenters. The number of methoxy groups -OCH3 is 1. The molecule has 0 N–H and O–H groups in total. The molecule has 0 spiro atoms. The van der Waals surface area contributed by atoms with Gasteiger partial charge < -0.3 is 9.47 Å². The second-order valence-electron chi connectivity index (χ2n) is 5.18. The minimum Gasteiger partial charge on any atom is -0.379 e. The first kappa shape index (κ1) is 14.0. The van der Waals surface area contributed by atoms with Crippen LogP contribution in [0.1, 0.15) is 12.8 Å². The normalized spacial score (nSPS) is 31.1. The van der Waals surface area contributed by atoms with Gasteiger partial charge in [0.25, 0.3) is 0 Å². The van der Waals surface area contributed by atoms with Gasteiger partial charge in [0.15, 0.2) is 0 Å². The lowest BCUT2D eigenvalue weighted by molar-refractivity contribution is -0.0848. The molecule has 1 aromatic rings. The van der Waals surface area contributed by atoms with Crippen molar-refractivity contribution >= 4 is 10.0 Å². The van der Waals surface area contributed by atoms with Crippen molar-refractivity contribution in [3.05, 3.63) is 30.3 Å². The summed E-state index contributed by atoms with van der Waals surface area (Å²) < 4.78 is 38.2. The van der Waals surface area contributed by atoms with Gasteiger partial charge in [0, 0.05) is 13.7 Å². The Bertz CT molecular complexity index is 560. The molecule has 0 radical (unpaired) electrons. The highest BCUT2D eigenvalue weighted by molar-refractivity contribution is 7.89. The highest BCUT2D eigenvalue weighted by atomic mass is 32.2. The molecule has 0 amide bonds. The third-order valence-corrected chi connectivity index (χ3v) is 6.08. The van der Waals surface area contributed by atoms with Crippen LogP contribution < -0.4 is 0 Å². The monoisotopic (exact) mass is 297 g/mol. The predicted molar refractivity (Wildman–Crippen MR) is 73.9 cm³/mol. The highest BCUT2D eigenvalue weighted by Gasteiger charge is 2.47. The largest absolute Gasteiger partial charge is 0.379 e. The second-order valence-corrected chi connectivity index (χ2v) is 7.07. The number of benzene rings is 1. The van der Waals surface area contributed by atoms with Crippen molar-refractivity contribution in [1.29, 1.82) is 0 Å². The molecule has 1 heterocycles. The smallest absolute Gasteiger partial charge is 0.243 e. The highest BCUT2D eigenvalue weighted by Crippen LogP contribution is 2.34. The quantitative estimate of drug-likeness (QED) is 0.842. The Morgan fingerprint density at radius 2 is 2.00 bits per heavy atom. The van der Waals surface area contributed by atoms with E-state index in [0.717, 1.165) is 12.8 Å². The van der Waals surface area contributed by atoms with Gasteiger partial charge >= 0.3 is 0 Å². The van der Waals surface area contributed by atoms with Gasteiger partial charge in [-0.05, 0) is 25.0 Å². The summed E-state index contributed by atoms with van der Waals surface area (Å²) in [5, 5.41) is 0. The molecule has 1 saturated heterocycles. The van der Waals surface area contributed by atoms with Crippen molar-refractivity contribution in [3.63, 3.8) is 0 Å². The van der Waals surface area contributed by atoms with Gasteiger partial charge in [0.2, 0.25) is 10.0 Å². The van der Waals surface area contributed by atoms with Crippen molar-refractivity contribution in [3.8, 4) is 0 Å². The van der Waals surface area contributed by atoms with Crippen LogP contribution in [0.3, 0.4) is 0 Å². The summed E-state index contributed by atoms with van der Waals surface area (Å²) in [5.74, 6) is 0. The van der Waals surface area contributed by atoms with Crippen LogP contribution in [0.4, 0.5) is 0 Å². The average Bonchev–Trinajstić information content (AvgIpc) is 2.91. The van der Waals surface area contributed by atoms with E-state index >= 15 is 0 Å². The van der Waals surface area contributed by atoms with E-state index < -0.39 is 10.0 Å². The van der Waals surface area contributed by atoms with Gasteiger partial charge in [-0.25, -0.2) is 8.42 Å². The van der Waals surface area contributed by atoms with Crippen molar-refractivity contribution in [2.45, 2.75) is 36.0 Å². The van der Waals surface area contributed by atoms with Gasteiger partial charge in [-0.3, -0.25) is 0 Å². The van der Waals surface area contributed by atoms with Crippen molar-refractivity contribution < 1.29 is 17.9 Å². The summed E-state index contributed by atoms with van der Waals surface area (Å²) in [5.41, 5.74) is 0. The van der Waals surface area contributed by atoms with Crippen LogP contribution in [0.5, 0.6) is 0 Å². The molecule has 3 rings (SSSR count). The van der Waals surface area contributed by atoms with Crippen LogP contribution in [-0.2, 0) is 19.5 Å². The molecular weight excluding hydrogens is 278 g/mol. The number of ether oxygens (including phenoxy) is 2. The topological polar surface area (TPSA) is 55.8 Å². The molecule has 5 nitrogen and oxygen atoms in total. The van der Waals surface area contributed by atoms with Crippen LogP contribution in [0, 0.1) is 0 Å². The van der Waals surface area contributed by atoms with Crippen LogP contribution in [-0.4, -0.2) is 51.2 Å². The van der Waals surface area contributed by atoms with Crippen LogP contribution in [0.15, 0.2) is 35.2 Å². The molecule has 0 bridgehead atoms. The van der Waals surface area contributed by atoms with Gasteiger partial charge in [0.1, 0.15) is 6.10 Å². The van der Waals surface area contributed by atoms with E-state index in [1.807, 2.05) is 6.07 Å². The lowest BCUT2D eigenvalue weighted by Gasteiger charge is -2.37. The van der Waals surface area contributed by atoms with E-state index in [-0.39, 0.29) is 18.2 Å². The van der Waals surface area contributed by atoms with Crippen molar-refractivity contribution in [1.82, 2.24) is 4.31 Å². The Labute approximate surface area is 119 Å². The summed E-state index contributed by atoms with van der Waals surface area (Å²) in [7, 11) is -1.80. The lowest BCUT2D eigenvalue weighted by atomic mass is 10.2. The maximum atomic E-state index is 12.8. The number of sulfonamides is 1. The van der Waals surface area contributed by atoms with E-state index in [1.165, 1.54) is 0 Å². The zero-order valence-corrected chi connectivity index (χ0v) is 12.3. The van der Waals surface area contributed by atoms with E-state index in [1.54, 1.807) is 35.7 Å². The molecule has 0 aromatic heterocycles. The Morgan fingerprint density at radius 1 is 1.25 bits per heavy atom. The summed E-state index contributed by atoms with van der Waals surface area (Å²) in [6, 6.07) is 8.48. The molecule has 110 valence electrons. The molecular formula is C14H19NO4S. The number of hydrogen-bond acceptors (Lipinski definition) is 4. The molecule has 2 aliphatic rings. The zero-order valence-electron chi connectivity index (χ0n) is 11.4. The van der Waals surface area contributed by atoms with Crippen molar-refractivity contribution in [2.75, 3.05) is 20.3 Å². The predicted octanol–water partition coefficient (Wildman–Crippen LogP) is 1.25. The maximum absolute atomic E-state index is 12.8. The third-order valence-electron chi connectivity index (χ3n) is 4.14. The fraction of sp³-hybridized carbons (Fsp3) is 0.571. The first-order chi connectivity index (χ1) is 9.64. The lowest BCUT2D eigenvalue weighted by Crippen LogP contribution is -2.53. The van der Waals surface area contributed by atoms with Crippen LogP contribution >= 0.6 is 0 Å². The van der Waals surface area contributed by atoms with Crippen LogP contribution in [0.2, 0.25) is 0 Å². The van der Waals surface area contributed by atoms with E-state index in [0.29, 0.717) is 18.0 Å². The second kappa shape index (κ2) is 5.44. The fourth-order valence-electron chi connectivity index (χ4n) is 3.16. The summed E-state index contributed by atoms with van der Waals surface area (Å²) >= 11 is 0. The Balaban J connectivity index is 1.90. The van der Waals surface area contributed by atoms with E-state index in [9.17, 15) is 8.42 Å². The number of fused-ring (bicyclic) bond motifs is 1. The SMILES string of the molecule is CO[C@H]1CC[C@H]2[C@H]1OCCN2S(=O)(=O)c1ccccc1. The van der Waals surface area contributed by atoms with Gasteiger partial charge in [-0.2, -0.15) is 4.31 Å². The molecule has 1 aliphatic carbocycles. The minimum absolute atomic E-state index is 0.00577. The number of morpholine rings is 1. The Hall–Kier alpha value is -0.950. The molecule has 2 fully saturated rings. The van der Waals surface area contributed by atoms with Gasteiger partial charge in [-0.15, -0.1) is 0 Å². The van der Waals surface area contributed by atoms with E-state index in [4.69, 9.17) is 9.47 Å². The third kappa shape index (κ3) is 2.26. The standard InChI is InChI=1S/C14H19NO4S/c1-18-13-8-7-12-14(13)19-10-9-15(12)20(16,17)11-5-3-2-4-6-11/h2-6,12-14H,7-10H2,1H3/t12-,13-,14+/m0/s1. The molecule has 1 aromatic carbocycles. The fourth-order valence-corrected chi connectivity index (χ4v) is 4.83. The minimum atomic E-state index is -3.45. The molecule has 1 saturated carbocycles. The Kier molecular flexibility index (Phi) is 3.81.